The van der Waals surface area contributed by atoms with Crippen molar-refractivity contribution in [3.63, 3.8) is 0 Å². The van der Waals surface area contributed by atoms with Gasteiger partial charge in [-0.1, -0.05) is 29.8 Å². The second kappa shape index (κ2) is 8.18. The molecule has 1 unspecified atom stereocenters. The zero-order valence-electron chi connectivity index (χ0n) is 15.9. The van der Waals surface area contributed by atoms with Gasteiger partial charge in [-0.15, -0.1) is 0 Å². The van der Waals surface area contributed by atoms with Gasteiger partial charge < -0.3 is 14.5 Å². The van der Waals surface area contributed by atoms with E-state index in [1.54, 1.807) is 0 Å². The zero-order chi connectivity index (χ0) is 20.4. The molecule has 1 aliphatic rings. The Morgan fingerprint density at radius 3 is 2.62 bits per heavy atom. The van der Waals surface area contributed by atoms with Crippen molar-refractivity contribution in [2.75, 3.05) is 18.5 Å². The van der Waals surface area contributed by atoms with Gasteiger partial charge in [0, 0.05) is 23.7 Å². The van der Waals surface area contributed by atoms with Crippen LogP contribution in [0.4, 0.5) is 5.88 Å². The largest absolute Gasteiger partial charge is 0.419 e. The molecule has 1 saturated heterocycles. The van der Waals surface area contributed by atoms with Crippen LogP contribution in [0.1, 0.15) is 18.4 Å². The van der Waals surface area contributed by atoms with Gasteiger partial charge in [-0.05, 0) is 55.7 Å². The van der Waals surface area contributed by atoms with Crippen molar-refractivity contribution in [2.24, 2.45) is 0 Å². The second-order valence-corrected chi connectivity index (χ2v) is 9.24. The molecule has 1 aromatic heterocycles. The van der Waals surface area contributed by atoms with Gasteiger partial charge in [0.15, 0.2) is 0 Å². The second-order valence-electron chi connectivity index (χ2n) is 6.94. The van der Waals surface area contributed by atoms with Crippen molar-refractivity contribution < 1.29 is 17.6 Å². The molecule has 0 radical (unpaired) electrons. The summed E-state index contributed by atoms with van der Waals surface area (Å²) in [7, 11) is -3.90. The molecule has 0 spiro atoms. The normalized spacial score (nSPS) is 16.8. The monoisotopic (exact) mass is 432 g/mol. The van der Waals surface area contributed by atoms with E-state index in [2.05, 4.69) is 10.3 Å². The summed E-state index contributed by atoms with van der Waals surface area (Å²) < 4.78 is 38.0. The first-order chi connectivity index (χ1) is 13.9. The summed E-state index contributed by atoms with van der Waals surface area (Å²) in [6.07, 6.45) is 1.94. The highest BCUT2D eigenvalue weighted by Crippen LogP contribution is 2.34. The highest BCUT2D eigenvalue weighted by Gasteiger charge is 2.29. The third-order valence-electron chi connectivity index (χ3n) is 4.86. The summed E-state index contributed by atoms with van der Waals surface area (Å²) in [6, 6.07) is 13.5. The molecule has 1 N–H and O–H groups in total. The summed E-state index contributed by atoms with van der Waals surface area (Å²) in [5, 5.41) is 3.41. The number of nitrogens with one attached hydrogen (secondary N) is 1. The first-order valence-corrected chi connectivity index (χ1v) is 11.2. The molecule has 4 rings (SSSR count). The lowest BCUT2D eigenvalue weighted by molar-refractivity contribution is 0.120. The van der Waals surface area contributed by atoms with E-state index in [-0.39, 0.29) is 27.8 Å². The van der Waals surface area contributed by atoms with Gasteiger partial charge in [0.2, 0.25) is 26.6 Å². The van der Waals surface area contributed by atoms with E-state index in [1.807, 2.05) is 31.2 Å². The number of halogens is 1. The van der Waals surface area contributed by atoms with Crippen molar-refractivity contribution in [1.82, 2.24) is 4.98 Å². The van der Waals surface area contributed by atoms with Gasteiger partial charge >= 0.3 is 0 Å². The Bertz CT molecular complexity index is 1100. The van der Waals surface area contributed by atoms with Crippen LogP contribution in [0.25, 0.3) is 11.5 Å². The van der Waals surface area contributed by atoms with Crippen LogP contribution in [-0.4, -0.2) is 32.7 Å². The number of ether oxygens (including phenoxy) is 1. The number of rotatable bonds is 6. The molecule has 152 valence electrons. The zero-order valence-corrected chi connectivity index (χ0v) is 17.5. The Kier molecular flexibility index (Phi) is 5.63. The van der Waals surface area contributed by atoms with Crippen LogP contribution in [0.3, 0.4) is 0 Å². The molecular formula is C21H21ClN2O4S. The Morgan fingerprint density at radius 1 is 1.17 bits per heavy atom. The van der Waals surface area contributed by atoms with E-state index in [9.17, 15) is 8.42 Å². The third kappa shape index (κ3) is 4.17. The standard InChI is InChI=1S/C21H21ClN2O4S/c1-14-5-2-3-7-18(14)19-24-21(20(28-19)23-13-16-6-4-12-27-16)29(25,26)17-10-8-15(22)9-11-17/h2-3,5,7-11,16,23H,4,6,12-13H2,1H3. The number of anilines is 1. The number of oxazole rings is 1. The van der Waals surface area contributed by atoms with E-state index >= 15 is 0 Å². The first kappa shape index (κ1) is 19.9. The summed E-state index contributed by atoms with van der Waals surface area (Å²) in [6.45, 7) is 3.09. The maximum absolute atomic E-state index is 13.3. The minimum atomic E-state index is -3.90. The molecule has 0 bridgehead atoms. The van der Waals surface area contributed by atoms with Crippen LogP contribution in [0.2, 0.25) is 5.02 Å². The van der Waals surface area contributed by atoms with Crippen LogP contribution in [0.15, 0.2) is 62.9 Å². The molecule has 29 heavy (non-hydrogen) atoms. The lowest BCUT2D eigenvalue weighted by Crippen LogP contribution is -2.19. The van der Waals surface area contributed by atoms with Crippen molar-refractivity contribution in [1.29, 1.82) is 0 Å². The molecule has 3 aromatic rings. The van der Waals surface area contributed by atoms with E-state index in [1.165, 1.54) is 24.3 Å². The van der Waals surface area contributed by atoms with Crippen LogP contribution < -0.4 is 5.32 Å². The molecule has 0 saturated carbocycles. The highest BCUT2D eigenvalue weighted by atomic mass is 35.5. The lowest BCUT2D eigenvalue weighted by Gasteiger charge is -2.10. The summed E-state index contributed by atoms with van der Waals surface area (Å²) in [5.74, 6) is 0.374. The maximum atomic E-state index is 13.3. The van der Waals surface area contributed by atoms with Crippen LogP contribution in [0, 0.1) is 6.92 Å². The number of aryl methyl sites for hydroxylation is 1. The lowest BCUT2D eigenvalue weighted by atomic mass is 10.1. The van der Waals surface area contributed by atoms with Gasteiger partial charge in [-0.25, -0.2) is 8.42 Å². The van der Waals surface area contributed by atoms with Crippen molar-refractivity contribution in [3.8, 4) is 11.5 Å². The summed E-state index contributed by atoms with van der Waals surface area (Å²) >= 11 is 5.91. The SMILES string of the molecule is Cc1ccccc1-c1nc(S(=O)(=O)c2ccc(Cl)cc2)c(NCC2CCCO2)o1. The third-order valence-corrected chi connectivity index (χ3v) is 6.79. The fourth-order valence-electron chi connectivity index (χ4n) is 3.27. The highest BCUT2D eigenvalue weighted by molar-refractivity contribution is 7.91. The number of hydrogen-bond acceptors (Lipinski definition) is 6. The molecule has 6 nitrogen and oxygen atoms in total. The summed E-state index contributed by atoms with van der Waals surface area (Å²) in [4.78, 5) is 4.47. The maximum Gasteiger partial charge on any atom is 0.233 e. The van der Waals surface area contributed by atoms with Gasteiger partial charge in [-0.3, -0.25) is 0 Å². The predicted octanol–water partition coefficient (Wildman–Crippen LogP) is 4.73. The molecule has 1 atom stereocenters. The van der Waals surface area contributed by atoms with Crippen molar-refractivity contribution in [3.05, 3.63) is 59.1 Å². The quantitative estimate of drug-likeness (QED) is 0.606. The van der Waals surface area contributed by atoms with Gasteiger partial charge in [0.1, 0.15) is 0 Å². The molecule has 1 fully saturated rings. The molecule has 0 aliphatic carbocycles. The predicted molar refractivity (Wildman–Crippen MR) is 111 cm³/mol. The van der Waals surface area contributed by atoms with Crippen molar-refractivity contribution in [2.45, 2.75) is 35.8 Å². The molecule has 0 amide bonds. The van der Waals surface area contributed by atoms with Gasteiger partial charge in [0.25, 0.3) is 0 Å². The Hall–Kier alpha value is -2.35. The van der Waals surface area contributed by atoms with E-state index < -0.39 is 9.84 Å². The Balaban J connectivity index is 1.75. The fourth-order valence-corrected chi connectivity index (χ4v) is 4.67. The molecule has 1 aliphatic heterocycles. The van der Waals surface area contributed by atoms with Gasteiger partial charge in [-0.2, -0.15) is 4.98 Å². The first-order valence-electron chi connectivity index (χ1n) is 9.38. The molecule has 8 heteroatoms. The van der Waals surface area contributed by atoms with Crippen LogP contribution >= 0.6 is 11.6 Å². The fraction of sp³-hybridized carbons (Fsp3) is 0.286. The molecule has 2 heterocycles. The summed E-state index contributed by atoms with van der Waals surface area (Å²) in [5.41, 5.74) is 1.68. The smallest absolute Gasteiger partial charge is 0.233 e. The molecule has 2 aromatic carbocycles. The number of aromatic nitrogens is 1. The van der Waals surface area contributed by atoms with Crippen LogP contribution in [0.5, 0.6) is 0 Å². The van der Waals surface area contributed by atoms with E-state index in [4.69, 9.17) is 20.8 Å². The number of nitrogens with zero attached hydrogens (tertiary/aromatic N) is 1. The minimum Gasteiger partial charge on any atom is -0.419 e. The Labute approximate surface area is 174 Å². The average Bonchev–Trinajstić information content (AvgIpc) is 3.37. The average molecular weight is 433 g/mol. The van der Waals surface area contributed by atoms with Crippen molar-refractivity contribution >= 4 is 27.3 Å². The van der Waals surface area contributed by atoms with E-state index in [0.717, 1.165) is 24.0 Å². The topological polar surface area (TPSA) is 81.4 Å². The van der Waals surface area contributed by atoms with Gasteiger partial charge in [0.05, 0.1) is 11.0 Å². The molecular weight excluding hydrogens is 412 g/mol. The number of sulfone groups is 1. The Morgan fingerprint density at radius 2 is 1.93 bits per heavy atom. The van der Waals surface area contributed by atoms with Crippen LogP contribution in [-0.2, 0) is 14.6 Å². The minimum absolute atomic E-state index is 0.0214. The van der Waals surface area contributed by atoms with E-state index in [0.29, 0.717) is 18.2 Å². The number of hydrogen-bond donors (Lipinski definition) is 1. The number of benzene rings is 2.